The van der Waals surface area contributed by atoms with Gasteiger partial charge in [0.25, 0.3) is 5.91 Å². The lowest BCUT2D eigenvalue weighted by atomic mass is 10.0. The standard InChI is InChI=1S/C20H26N2O4/c1-14(2)15(3)12-19(24)21-8-10-22(11-9-21)20(25)17-6-5-7-18(13-17)26-16(4)23/h5-7,12-14H,8-11H2,1-4H3/b15-12+. The Kier molecular flexibility index (Phi) is 6.55. The van der Waals surface area contributed by atoms with Gasteiger partial charge in [-0.2, -0.15) is 0 Å². The molecule has 1 aromatic carbocycles. The van der Waals surface area contributed by atoms with Crippen molar-refractivity contribution in [2.24, 2.45) is 5.92 Å². The van der Waals surface area contributed by atoms with Gasteiger partial charge in [0.1, 0.15) is 5.75 Å². The minimum atomic E-state index is -0.425. The summed E-state index contributed by atoms with van der Waals surface area (Å²) in [5.74, 6) is 0.143. The summed E-state index contributed by atoms with van der Waals surface area (Å²) in [5.41, 5.74) is 1.52. The Bertz CT molecular complexity index is 716. The van der Waals surface area contributed by atoms with Crippen LogP contribution in [0.3, 0.4) is 0 Å². The number of hydrogen-bond donors (Lipinski definition) is 0. The minimum absolute atomic E-state index is 0.000143. The molecular weight excluding hydrogens is 332 g/mol. The van der Waals surface area contributed by atoms with Crippen LogP contribution in [0.4, 0.5) is 0 Å². The number of ether oxygens (including phenoxy) is 1. The summed E-state index contributed by atoms with van der Waals surface area (Å²) >= 11 is 0. The maximum absolute atomic E-state index is 12.7. The molecule has 6 heteroatoms. The topological polar surface area (TPSA) is 66.9 Å². The number of benzene rings is 1. The molecule has 0 saturated carbocycles. The van der Waals surface area contributed by atoms with E-state index in [1.165, 1.54) is 6.92 Å². The zero-order valence-electron chi connectivity index (χ0n) is 15.8. The number of allylic oxidation sites excluding steroid dienone is 1. The average molecular weight is 358 g/mol. The van der Waals surface area contributed by atoms with Gasteiger partial charge in [-0.15, -0.1) is 0 Å². The molecule has 2 amide bonds. The summed E-state index contributed by atoms with van der Waals surface area (Å²) < 4.78 is 5.03. The number of piperazine rings is 1. The van der Waals surface area contributed by atoms with Crippen molar-refractivity contribution in [1.82, 2.24) is 9.80 Å². The van der Waals surface area contributed by atoms with Crippen LogP contribution in [0.15, 0.2) is 35.9 Å². The van der Waals surface area contributed by atoms with Gasteiger partial charge in [0, 0.05) is 44.7 Å². The van der Waals surface area contributed by atoms with Crippen LogP contribution in [0, 0.1) is 5.92 Å². The van der Waals surface area contributed by atoms with Gasteiger partial charge in [0.15, 0.2) is 0 Å². The third-order valence-electron chi connectivity index (χ3n) is 4.48. The minimum Gasteiger partial charge on any atom is -0.427 e. The molecule has 0 radical (unpaired) electrons. The summed E-state index contributed by atoms with van der Waals surface area (Å²) in [6.07, 6.45) is 1.69. The molecule has 2 rings (SSSR count). The Morgan fingerprint density at radius 2 is 1.65 bits per heavy atom. The lowest BCUT2D eigenvalue weighted by Crippen LogP contribution is -2.50. The molecule has 0 aromatic heterocycles. The number of carbonyl (C=O) groups excluding carboxylic acids is 3. The number of nitrogens with zero attached hydrogens (tertiary/aromatic N) is 2. The van der Waals surface area contributed by atoms with Gasteiger partial charge >= 0.3 is 5.97 Å². The molecule has 6 nitrogen and oxygen atoms in total. The highest BCUT2D eigenvalue weighted by molar-refractivity contribution is 5.95. The predicted molar refractivity (Wildman–Crippen MR) is 98.8 cm³/mol. The van der Waals surface area contributed by atoms with E-state index < -0.39 is 5.97 Å². The van der Waals surface area contributed by atoms with E-state index in [9.17, 15) is 14.4 Å². The highest BCUT2D eigenvalue weighted by Crippen LogP contribution is 2.17. The summed E-state index contributed by atoms with van der Waals surface area (Å²) in [7, 11) is 0. The van der Waals surface area contributed by atoms with Crippen LogP contribution in [0.25, 0.3) is 0 Å². The fraction of sp³-hybridized carbons (Fsp3) is 0.450. The third kappa shape index (κ3) is 5.18. The maximum atomic E-state index is 12.7. The van der Waals surface area contributed by atoms with Crippen molar-refractivity contribution in [1.29, 1.82) is 0 Å². The van der Waals surface area contributed by atoms with Crippen molar-refractivity contribution in [3.8, 4) is 5.75 Å². The quantitative estimate of drug-likeness (QED) is 0.471. The van der Waals surface area contributed by atoms with E-state index in [1.54, 1.807) is 40.1 Å². The average Bonchev–Trinajstić information content (AvgIpc) is 2.60. The fourth-order valence-corrected chi connectivity index (χ4v) is 2.62. The summed E-state index contributed by atoms with van der Waals surface area (Å²) in [6, 6.07) is 6.58. The maximum Gasteiger partial charge on any atom is 0.308 e. The van der Waals surface area contributed by atoms with Crippen molar-refractivity contribution in [3.63, 3.8) is 0 Å². The number of hydrogen-bond acceptors (Lipinski definition) is 4. The Morgan fingerprint density at radius 3 is 2.23 bits per heavy atom. The lowest BCUT2D eigenvalue weighted by Gasteiger charge is -2.34. The predicted octanol–water partition coefficient (Wildman–Crippen LogP) is 2.50. The zero-order valence-corrected chi connectivity index (χ0v) is 15.8. The second-order valence-corrected chi connectivity index (χ2v) is 6.78. The molecule has 1 heterocycles. The highest BCUT2D eigenvalue weighted by atomic mass is 16.5. The van der Waals surface area contributed by atoms with Crippen molar-refractivity contribution in [3.05, 3.63) is 41.5 Å². The Morgan fingerprint density at radius 1 is 1.04 bits per heavy atom. The van der Waals surface area contributed by atoms with Crippen molar-refractivity contribution < 1.29 is 19.1 Å². The number of esters is 1. The van der Waals surface area contributed by atoms with Crippen LogP contribution in [0.1, 0.15) is 38.1 Å². The molecule has 1 aliphatic rings. The van der Waals surface area contributed by atoms with Gasteiger partial charge in [-0.1, -0.05) is 25.5 Å². The summed E-state index contributed by atoms with van der Waals surface area (Å²) in [5, 5.41) is 0. The van der Waals surface area contributed by atoms with E-state index in [0.717, 1.165) is 5.57 Å². The van der Waals surface area contributed by atoms with E-state index in [1.807, 2.05) is 6.92 Å². The van der Waals surface area contributed by atoms with Gasteiger partial charge in [-0.05, 0) is 31.0 Å². The number of rotatable bonds is 4. The molecule has 0 bridgehead atoms. The van der Waals surface area contributed by atoms with Crippen LogP contribution >= 0.6 is 0 Å². The zero-order chi connectivity index (χ0) is 19.3. The molecular formula is C20H26N2O4. The van der Waals surface area contributed by atoms with Crippen molar-refractivity contribution in [2.75, 3.05) is 26.2 Å². The largest absolute Gasteiger partial charge is 0.427 e. The molecule has 1 saturated heterocycles. The lowest BCUT2D eigenvalue weighted by molar-refractivity contribution is -0.132. The first kappa shape index (κ1) is 19.7. The molecule has 1 aliphatic heterocycles. The molecule has 0 N–H and O–H groups in total. The molecule has 140 valence electrons. The molecule has 26 heavy (non-hydrogen) atoms. The van der Waals surface area contributed by atoms with Crippen molar-refractivity contribution >= 4 is 17.8 Å². The number of amides is 2. The molecule has 0 aliphatic carbocycles. The van der Waals surface area contributed by atoms with Crippen LogP contribution in [-0.4, -0.2) is 53.8 Å². The normalized spacial score (nSPS) is 15.2. The molecule has 0 spiro atoms. The Balaban J connectivity index is 1.97. The smallest absolute Gasteiger partial charge is 0.308 e. The Labute approximate surface area is 154 Å². The van der Waals surface area contributed by atoms with Gasteiger partial charge in [-0.3, -0.25) is 14.4 Å². The number of carbonyl (C=O) groups is 3. The van der Waals surface area contributed by atoms with Gasteiger partial charge in [0.05, 0.1) is 0 Å². The second kappa shape index (κ2) is 8.65. The van der Waals surface area contributed by atoms with Crippen LogP contribution < -0.4 is 4.74 Å². The van der Waals surface area contributed by atoms with Crippen LogP contribution in [0.2, 0.25) is 0 Å². The SMILES string of the molecule is CC(=O)Oc1cccc(C(=O)N2CCN(C(=O)/C=C(\C)C(C)C)CC2)c1. The molecule has 0 atom stereocenters. The fourth-order valence-electron chi connectivity index (χ4n) is 2.62. The van der Waals surface area contributed by atoms with Gasteiger partial charge in [0.2, 0.25) is 5.91 Å². The van der Waals surface area contributed by atoms with Crippen LogP contribution in [-0.2, 0) is 9.59 Å². The van der Waals surface area contributed by atoms with E-state index in [-0.39, 0.29) is 11.8 Å². The van der Waals surface area contributed by atoms with E-state index in [4.69, 9.17) is 4.74 Å². The van der Waals surface area contributed by atoms with E-state index >= 15 is 0 Å². The molecule has 0 unspecified atom stereocenters. The monoisotopic (exact) mass is 358 g/mol. The summed E-state index contributed by atoms with van der Waals surface area (Å²) in [4.78, 5) is 39.5. The second-order valence-electron chi connectivity index (χ2n) is 6.78. The first-order chi connectivity index (χ1) is 12.3. The van der Waals surface area contributed by atoms with Gasteiger partial charge < -0.3 is 14.5 Å². The molecule has 1 fully saturated rings. The van der Waals surface area contributed by atoms with E-state index in [0.29, 0.717) is 43.4 Å². The first-order valence-electron chi connectivity index (χ1n) is 8.82. The van der Waals surface area contributed by atoms with Gasteiger partial charge in [-0.25, -0.2) is 0 Å². The van der Waals surface area contributed by atoms with Crippen LogP contribution in [0.5, 0.6) is 5.75 Å². The van der Waals surface area contributed by atoms with Crippen molar-refractivity contribution in [2.45, 2.75) is 27.7 Å². The Hall–Kier alpha value is -2.63. The molecule has 1 aromatic rings. The summed E-state index contributed by atoms with van der Waals surface area (Å²) in [6.45, 7) is 9.37. The first-order valence-corrected chi connectivity index (χ1v) is 8.82. The van der Waals surface area contributed by atoms with E-state index in [2.05, 4.69) is 13.8 Å². The third-order valence-corrected chi connectivity index (χ3v) is 4.48. The highest BCUT2D eigenvalue weighted by Gasteiger charge is 2.24.